The van der Waals surface area contributed by atoms with Crippen LogP contribution in [-0.2, 0) is 16.1 Å². The van der Waals surface area contributed by atoms with Crippen LogP contribution in [0.25, 0.3) is 0 Å². The molecule has 0 saturated heterocycles. The van der Waals surface area contributed by atoms with Crippen molar-refractivity contribution in [2.45, 2.75) is 39.0 Å². The van der Waals surface area contributed by atoms with Gasteiger partial charge in [-0.05, 0) is 31.9 Å². The summed E-state index contributed by atoms with van der Waals surface area (Å²) in [6.45, 7) is 8.22. The fourth-order valence-electron chi connectivity index (χ4n) is 2.39. The number of benzene rings is 1. The highest BCUT2D eigenvalue weighted by molar-refractivity contribution is 5.67. The number of hydrogen-bond donors (Lipinski definition) is 1. The molecule has 22 heavy (non-hydrogen) atoms. The first-order valence-electron chi connectivity index (χ1n) is 7.70. The molecule has 0 aliphatic carbocycles. The van der Waals surface area contributed by atoms with E-state index in [1.807, 2.05) is 32.9 Å². The molecular formula is C17H26N2O3. The largest absolute Gasteiger partial charge is 0.444 e. The van der Waals surface area contributed by atoms with Crippen LogP contribution < -0.4 is 5.32 Å². The molecule has 0 saturated carbocycles. The maximum absolute atomic E-state index is 11.9. The van der Waals surface area contributed by atoms with Crippen LogP contribution in [0.2, 0.25) is 0 Å². The van der Waals surface area contributed by atoms with Gasteiger partial charge in [-0.2, -0.15) is 0 Å². The summed E-state index contributed by atoms with van der Waals surface area (Å²) in [5, 5.41) is 3.45. The second kappa shape index (κ2) is 7.11. The molecule has 0 aromatic heterocycles. The van der Waals surface area contributed by atoms with E-state index in [4.69, 9.17) is 9.47 Å². The fraction of sp³-hybridized carbons (Fsp3) is 0.588. The van der Waals surface area contributed by atoms with Gasteiger partial charge < -0.3 is 19.7 Å². The van der Waals surface area contributed by atoms with Crippen LogP contribution in [0.15, 0.2) is 24.3 Å². The van der Waals surface area contributed by atoms with Crippen molar-refractivity contribution in [3.8, 4) is 0 Å². The van der Waals surface area contributed by atoms with Gasteiger partial charge in [0.25, 0.3) is 0 Å². The summed E-state index contributed by atoms with van der Waals surface area (Å²) in [6.07, 6.45) is -0.297. The first-order valence-corrected chi connectivity index (χ1v) is 7.70. The molecule has 1 aliphatic heterocycles. The van der Waals surface area contributed by atoms with E-state index in [9.17, 15) is 4.79 Å². The van der Waals surface area contributed by atoms with Gasteiger partial charge in [0.2, 0.25) is 0 Å². The SMILES string of the molecule is CN(CCNC1COCc2ccccc21)C(=O)OC(C)(C)C. The molecule has 0 bridgehead atoms. The number of carbonyl (C=O) groups is 1. The lowest BCUT2D eigenvalue weighted by molar-refractivity contribution is 0.0295. The molecule has 1 atom stereocenters. The normalized spacial score (nSPS) is 17.7. The fourth-order valence-corrected chi connectivity index (χ4v) is 2.39. The van der Waals surface area contributed by atoms with Crippen molar-refractivity contribution in [3.05, 3.63) is 35.4 Å². The van der Waals surface area contributed by atoms with E-state index < -0.39 is 5.60 Å². The number of likely N-dealkylation sites (N-methyl/N-ethyl adjacent to an activating group) is 1. The van der Waals surface area contributed by atoms with Crippen LogP contribution in [0.4, 0.5) is 4.79 Å². The molecule has 5 nitrogen and oxygen atoms in total. The molecule has 5 heteroatoms. The Bertz CT molecular complexity index is 511. The van der Waals surface area contributed by atoms with E-state index in [0.717, 1.165) is 0 Å². The predicted molar refractivity (Wildman–Crippen MR) is 85.7 cm³/mol. The summed E-state index contributed by atoms with van der Waals surface area (Å²) in [7, 11) is 1.75. The molecular weight excluding hydrogens is 280 g/mol. The minimum absolute atomic E-state index is 0.178. The highest BCUT2D eigenvalue weighted by Gasteiger charge is 2.21. The topological polar surface area (TPSA) is 50.8 Å². The lowest BCUT2D eigenvalue weighted by atomic mass is 9.99. The Morgan fingerprint density at radius 2 is 2.14 bits per heavy atom. The predicted octanol–water partition coefficient (Wildman–Crippen LogP) is 2.71. The zero-order chi connectivity index (χ0) is 16.2. The van der Waals surface area contributed by atoms with Gasteiger partial charge in [-0.25, -0.2) is 4.79 Å². The zero-order valence-electron chi connectivity index (χ0n) is 13.9. The van der Waals surface area contributed by atoms with Crippen molar-refractivity contribution in [1.29, 1.82) is 0 Å². The van der Waals surface area contributed by atoms with Crippen LogP contribution in [0.3, 0.4) is 0 Å². The van der Waals surface area contributed by atoms with Crippen LogP contribution in [0.5, 0.6) is 0 Å². The number of nitrogens with one attached hydrogen (secondary N) is 1. The van der Waals surface area contributed by atoms with Gasteiger partial charge in [-0.15, -0.1) is 0 Å². The van der Waals surface area contributed by atoms with E-state index >= 15 is 0 Å². The third kappa shape index (κ3) is 4.71. The molecule has 122 valence electrons. The van der Waals surface area contributed by atoms with Gasteiger partial charge in [-0.3, -0.25) is 0 Å². The standard InChI is InChI=1S/C17H26N2O3/c1-17(2,3)22-16(20)19(4)10-9-18-15-12-21-11-13-7-5-6-8-14(13)15/h5-8,15,18H,9-12H2,1-4H3. The Kier molecular flexibility index (Phi) is 5.42. The van der Waals surface area contributed by atoms with Crippen molar-refractivity contribution in [3.63, 3.8) is 0 Å². The van der Waals surface area contributed by atoms with E-state index in [0.29, 0.717) is 26.3 Å². The molecule has 1 unspecified atom stereocenters. The second-order valence-corrected chi connectivity index (χ2v) is 6.62. The molecule has 0 spiro atoms. The zero-order valence-corrected chi connectivity index (χ0v) is 13.9. The van der Waals surface area contributed by atoms with Crippen LogP contribution in [0, 0.1) is 0 Å². The summed E-state index contributed by atoms with van der Waals surface area (Å²) in [5.41, 5.74) is 2.05. The monoisotopic (exact) mass is 306 g/mol. The Hall–Kier alpha value is -1.59. The number of hydrogen-bond acceptors (Lipinski definition) is 4. The van der Waals surface area contributed by atoms with E-state index in [-0.39, 0.29) is 12.1 Å². The number of amides is 1. The van der Waals surface area contributed by atoms with E-state index in [1.54, 1.807) is 11.9 Å². The van der Waals surface area contributed by atoms with Crippen molar-refractivity contribution in [1.82, 2.24) is 10.2 Å². The summed E-state index contributed by atoms with van der Waals surface area (Å²) in [5.74, 6) is 0. The third-order valence-electron chi connectivity index (χ3n) is 3.52. The van der Waals surface area contributed by atoms with Gasteiger partial charge in [-0.1, -0.05) is 24.3 Å². The smallest absolute Gasteiger partial charge is 0.410 e. The lowest BCUT2D eigenvalue weighted by Crippen LogP contribution is -2.39. The molecule has 0 radical (unpaired) electrons. The van der Waals surface area contributed by atoms with Crippen molar-refractivity contribution < 1.29 is 14.3 Å². The summed E-state index contributed by atoms with van der Waals surface area (Å²) in [6, 6.07) is 8.48. The first-order chi connectivity index (χ1) is 10.4. The Labute approximate surface area is 132 Å². The van der Waals surface area contributed by atoms with Gasteiger partial charge >= 0.3 is 6.09 Å². The molecule has 2 rings (SSSR count). The average molecular weight is 306 g/mol. The Morgan fingerprint density at radius 3 is 2.86 bits per heavy atom. The van der Waals surface area contributed by atoms with E-state index in [2.05, 4.69) is 17.4 Å². The van der Waals surface area contributed by atoms with E-state index in [1.165, 1.54) is 11.1 Å². The number of carbonyl (C=O) groups excluding carboxylic acids is 1. The van der Waals surface area contributed by atoms with Crippen LogP contribution in [0.1, 0.15) is 37.9 Å². The average Bonchev–Trinajstić information content (AvgIpc) is 2.45. The summed E-state index contributed by atoms with van der Waals surface area (Å²) < 4.78 is 10.9. The van der Waals surface area contributed by atoms with Gasteiger partial charge in [0.05, 0.1) is 19.3 Å². The Balaban J connectivity index is 1.81. The number of rotatable bonds is 4. The van der Waals surface area contributed by atoms with Gasteiger partial charge in [0, 0.05) is 20.1 Å². The molecule has 1 aromatic rings. The molecule has 1 amide bonds. The molecule has 1 N–H and O–H groups in total. The van der Waals surface area contributed by atoms with Crippen molar-refractivity contribution in [2.75, 3.05) is 26.7 Å². The van der Waals surface area contributed by atoms with Crippen LogP contribution in [-0.4, -0.2) is 43.3 Å². The summed E-state index contributed by atoms with van der Waals surface area (Å²) >= 11 is 0. The minimum atomic E-state index is -0.463. The van der Waals surface area contributed by atoms with Gasteiger partial charge in [0.1, 0.15) is 5.60 Å². The van der Waals surface area contributed by atoms with Crippen molar-refractivity contribution >= 4 is 6.09 Å². The molecule has 1 heterocycles. The minimum Gasteiger partial charge on any atom is -0.444 e. The number of ether oxygens (including phenoxy) is 2. The second-order valence-electron chi connectivity index (χ2n) is 6.62. The number of nitrogens with zero attached hydrogens (tertiary/aromatic N) is 1. The number of fused-ring (bicyclic) bond motifs is 1. The molecule has 1 aromatic carbocycles. The quantitative estimate of drug-likeness (QED) is 0.929. The first kappa shape index (κ1) is 16.8. The van der Waals surface area contributed by atoms with Gasteiger partial charge in [0.15, 0.2) is 0 Å². The third-order valence-corrected chi connectivity index (χ3v) is 3.52. The maximum atomic E-state index is 11.9. The van der Waals surface area contributed by atoms with Crippen molar-refractivity contribution in [2.24, 2.45) is 0 Å². The summed E-state index contributed by atoms with van der Waals surface area (Å²) in [4.78, 5) is 13.5. The van der Waals surface area contributed by atoms with Crippen LogP contribution >= 0.6 is 0 Å². The maximum Gasteiger partial charge on any atom is 0.410 e. The Morgan fingerprint density at radius 1 is 1.41 bits per heavy atom. The lowest BCUT2D eigenvalue weighted by Gasteiger charge is -2.28. The highest BCUT2D eigenvalue weighted by Crippen LogP contribution is 2.24. The highest BCUT2D eigenvalue weighted by atomic mass is 16.6. The molecule has 0 fully saturated rings. The molecule has 1 aliphatic rings.